The molecule has 0 radical (unpaired) electrons. The second-order valence-electron chi connectivity index (χ2n) is 2.52. The predicted octanol–water partition coefficient (Wildman–Crippen LogP) is 0.785. The van der Waals surface area contributed by atoms with E-state index < -0.39 is 5.97 Å². The van der Waals surface area contributed by atoms with Gasteiger partial charge in [-0.15, -0.1) is 22.9 Å². The number of methoxy groups -OCH3 is 1. The number of nitrogens with one attached hydrogen (secondary N) is 1. The molecule has 5 nitrogen and oxygen atoms in total. The molecule has 0 unspecified atom stereocenters. The fourth-order valence-corrected chi connectivity index (χ4v) is 1.68. The fourth-order valence-electron chi connectivity index (χ4n) is 0.808. The lowest BCUT2D eigenvalue weighted by Crippen LogP contribution is -2.23. The normalized spacial score (nSPS) is 9.73. The van der Waals surface area contributed by atoms with Crippen molar-refractivity contribution >= 4 is 34.8 Å². The van der Waals surface area contributed by atoms with E-state index in [2.05, 4.69) is 15.0 Å². The third kappa shape index (κ3) is 3.49. The van der Waals surface area contributed by atoms with Crippen LogP contribution < -0.4 is 5.32 Å². The molecule has 0 saturated carbocycles. The average Bonchev–Trinajstić information content (AvgIpc) is 2.73. The summed E-state index contributed by atoms with van der Waals surface area (Å²) in [6.07, 6.45) is 1.42. The van der Waals surface area contributed by atoms with E-state index in [4.69, 9.17) is 11.6 Å². The molecule has 0 fully saturated rings. The Bertz CT molecular complexity index is 367. The lowest BCUT2D eigenvalue weighted by Gasteiger charge is -1.97. The van der Waals surface area contributed by atoms with Gasteiger partial charge < -0.3 is 10.1 Å². The highest BCUT2D eigenvalue weighted by Crippen LogP contribution is 2.13. The maximum absolute atomic E-state index is 11.1. The number of amides is 1. The molecule has 1 rings (SSSR count). The quantitative estimate of drug-likeness (QED) is 0.632. The molecule has 1 amide bonds. The molecular formula is C8H9ClN2O3S. The number of halogens is 1. The van der Waals surface area contributed by atoms with Crippen LogP contribution in [0.1, 0.15) is 14.7 Å². The van der Waals surface area contributed by atoms with E-state index >= 15 is 0 Å². The van der Waals surface area contributed by atoms with Gasteiger partial charge in [0.2, 0.25) is 5.91 Å². The van der Waals surface area contributed by atoms with Gasteiger partial charge >= 0.3 is 5.97 Å². The summed E-state index contributed by atoms with van der Waals surface area (Å²) in [5, 5.41) is 3.18. The van der Waals surface area contributed by atoms with Crippen molar-refractivity contribution in [3.63, 3.8) is 0 Å². The highest BCUT2D eigenvalue weighted by molar-refractivity contribution is 7.13. The van der Waals surface area contributed by atoms with Crippen LogP contribution in [0, 0.1) is 0 Å². The largest absolute Gasteiger partial charge is 0.465 e. The summed E-state index contributed by atoms with van der Waals surface area (Å²) in [4.78, 5) is 26.2. The molecule has 82 valence electrons. The number of carbonyl (C=O) groups excluding carboxylic acids is 2. The van der Waals surface area contributed by atoms with E-state index in [1.165, 1.54) is 24.6 Å². The molecule has 0 atom stereocenters. The molecule has 15 heavy (non-hydrogen) atoms. The minimum Gasteiger partial charge on any atom is -0.465 e. The molecule has 0 aromatic carbocycles. The first-order valence-corrected chi connectivity index (χ1v) is 5.38. The van der Waals surface area contributed by atoms with Crippen LogP contribution in [0.4, 0.5) is 0 Å². The molecular weight excluding hydrogens is 240 g/mol. The first-order valence-electron chi connectivity index (χ1n) is 4.03. The third-order valence-electron chi connectivity index (χ3n) is 1.50. The van der Waals surface area contributed by atoms with Gasteiger partial charge in [0.1, 0.15) is 15.8 Å². The lowest BCUT2D eigenvalue weighted by molar-refractivity contribution is -0.118. The van der Waals surface area contributed by atoms with Gasteiger partial charge in [0.15, 0.2) is 0 Å². The molecule has 1 heterocycles. The van der Waals surface area contributed by atoms with Crippen LogP contribution in [0.3, 0.4) is 0 Å². The molecule has 0 bridgehead atoms. The number of esters is 1. The second kappa shape index (κ2) is 5.67. The molecule has 1 aromatic rings. The Hall–Kier alpha value is -1.14. The highest BCUT2D eigenvalue weighted by atomic mass is 35.5. The minimum absolute atomic E-state index is 0.0881. The van der Waals surface area contributed by atoms with Crippen molar-refractivity contribution in [1.82, 2.24) is 10.3 Å². The van der Waals surface area contributed by atoms with Crippen LogP contribution >= 0.6 is 22.9 Å². The average molecular weight is 249 g/mol. The number of hydrogen-bond donors (Lipinski definition) is 1. The van der Waals surface area contributed by atoms with Crippen molar-refractivity contribution in [2.45, 2.75) is 6.54 Å². The maximum Gasteiger partial charge on any atom is 0.349 e. The van der Waals surface area contributed by atoms with Crippen molar-refractivity contribution in [3.8, 4) is 0 Å². The Morgan fingerprint density at radius 3 is 3.00 bits per heavy atom. The van der Waals surface area contributed by atoms with Crippen molar-refractivity contribution in [2.24, 2.45) is 0 Å². The standard InChI is InChI=1S/C8H9ClN2O3S/c1-14-8(13)5-3-11-7(15-5)4-10-6(12)2-9/h3H,2,4H2,1H3,(H,10,12). The summed E-state index contributed by atoms with van der Waals surface area (Å²) in [6.45, 7) is 0.271. The van der Waals surface area contributed by atoms with Gasteiger partial charge in [-0.2, -0.15) is 0 Å². The van der Waals surface area contributed by atoms with E-state index in [0.29, 0.717) is 9.88 Å². The van der Waals surface area contributed by atoms with Crippen LogP contribution in [0.2, 0.25) is 0 Å². The molecule has 1 N–H and O–H groups in total. The first kappa shape index (κ1) is 11.9. The van der Waals surface area contributed by atoms with Crippen molar-refractivity contribution in [2.75, 3.05) is 13.0 Å². The fraction of sp³-hybridized carbons (Fsp3) is 0.375. The predicted molar refractivity (Wildman–Crippen MR) is 56.0 cm³/mol. The Morgan fingerprint density at radius 1 is 1.67 bits per heavy atom. The maximum atomic E-state index is 11.1. The number of nitrogens with zero attached hydrogens (tertiary/aromatic N) is 1. The third-order valence-corrected chi connectivity index (χ3v) is 2.72. The number of rotatable bonds is 4. The van der Waals surface area contributed by atoms with E-state index in [1.807, 2.05) is 0 Å². The monoisotopic (exact) mass is 248 g/mol. The van der Waals surface area contributed by atoms with Crippen molar-refractivity contribution in [3.05, 3.63) is 16.1 Å². The number of alkyl halides is 1. The Kier molecular flexibility index (Phi) is 4.51. The summed E-state index contributed by atoms with van der Waals surface area (Å²) in [5.41, 5.74) is 0. The molecule has 0 saturated heterocycles. The molecule has 1 aromatic heterocycles. The molecule has 0 aliphatic carbocycles. The van der Waals surface area contributed by atoms with E-state index in [1.54, 1.807) is 0 Å². The lowest BCUT2D eigenvalue weighted by atomic mass is 10.5. The summed E-state index contributed by atoms with van der Waals surface area (Å²) in [6, 6.07) is 0. The molecule has 7 heteroatoms. The zero-order valence-electron chi connectivity index (χ0n) is 7.95. The van der Waals surface area contributed by atoms with Crippen LogP contribution in [-0.2, 0) is 16.1 Å². The highest BCUT2D eigenvalue weighted by Gasteiger charge is 2.10. The van der Waals surface area contributed by atoms with Crippen LogP contribution in [-0.4, -0.2) is 29.9 Å². The van der Waals surface area contributed by atoms with Crippen LogP contribution in [0.5, 0.6) is 0 Å². The van der Waals surface area contributed by atoms with Crippen LogP contribution in [0.15, 0.2) is 6.20 Å². The van der Waals surface area contributed by atoms with Gasteiger partial charge in [-0.1, -0.05) is 0 Å². The summed E-state index contributed by atoms with van der Waals surface area (Å²) < 4.78 is 4.52. The molecule has 0 aliphatic rings. The number of thiazole rings is 1. The Balaban J connectivity index is 2.53. The number of ether oxygens (including phenoxy) is 1. The van der Waals surface area contributed by atoms with Gasteiger partial charge in [0.25, 0.3) is 0 Å². The van der Waals surface area contributed by atoms with Gasteiger partial charge in [-0.05, 0) is 0 Å². The van der Waals surface area contributed by atoms with Crippen molar-refractivity contribution in [1.29, 1.82) is 0 Å². The number of aromatic nitrogens is 1. The SMILES string of the molecule is COC(=O)c1cnc(CNC(=O)CCl)s1. The number of hydrogen-bond acceptors (Lipinski definition) is 5. The van der Waals surface area contributed by atoms with Gasteiger partial charge in [0, 0.05) is 0 Å². The number of carbonyl (C=O) groups is 2. The second-order valence-corrected chi connectivity index (χ2v) is 3.90. The smallest absolute Gasteiger partial charge is 0.349 e. The van der Waals surface area contributed by atoms with Gasteiger partial charge in [-0.25, -0.2) is 9.78 Å². The van der Waals surface area contributed by atoms with Crippen molar-refractivity contribution < 1.29 is 14.3 Å². The summed E-state index contributed by atoms with van der Waals surface area (Å²) in [5.74, 6) is -0.788. The topological polar surface area (TPSA) is 68.3 Å². The summed E-state index contributed by atoms with van der Waals surface area (Å²) in [7, 11) is 1.30. The van der Waals surface area contributed by atoms with Gasteiger partial charge in [0.05, 0.1) is 19.9 Å². The first-order chi connectivity index (χ1) is 7.17. The van der Waals surface area contributed by atoms with E-state index in [-0.39, 0.29) is 18.3 Å². The summed E-state index contributed by atoms with van der Waals surface area (Å²) >= 11 is 6.47. The Labute approximate surface area is 95.4 Å². The minimum atomic E-state index is -0.428. The van der Waals surface area contributed by atoms with E-state index in [0.717, 1.165) is 0 Å². The van der Waals surface area contributed by atoms with Crippen LogP contribution in [0.25, 0.3) is 0 Å². The van der Waals surface area contributed by atoms with E-state index in [9.17, 15) is 9.59 Å². The van der Waals surface area contributed by atoms with Gasteiger partial charge in [-0.3, -0.25) is 4.79 Å². The zero-order chi connectivity index (χ0) is 11.3. The molecule has 0 spiro atoms. The Morgan fingerprint density at radius 2 is 2.40 bits per heavy atom. The molecule has 0 aliphatic heterocycles. The zero-order valence-corrected chi connectivity index (χ0v) is 9.52.